The topological polar surface area (TPSA) is 32.9 Å². The van der Waals surface area contributed by atoms with Crippen molar-refractivity contribution in [2.45, 2.75) is 6.43 Å². The maximum Gasteiger partial charge on any atom is 0.278 e. The third-order valence-corrected chi connectivity index (χ3v) is 2.05. The van der Waals surface area contributed by atoms with Crippen LogP contribution in [-0.4, -0.2) is 4.98 Å². The molecule has 2 aromatic rings. The Balaban J connectivity index is 2.80. The zero-order chi connectivity index (χ0) is 11.0. The molecule has 1 N–H and O–H groups in total. The molecule has 2 nitrogen and oxygen atoms in total. The Morgan fingerprint density at radius 1 is 1.20 bits per heavy atom. The molecule has 0 saturated heterocycles. The van der Waals surface area contributed by atoms with Gasteiger partial charge >= 0.3 is 0 Å². The first-order valence-electron chi connectivity index (χ1n) is 4.18. The Morgan fingerprint density at radius 3 is 2.60 bits per heavy atom. The summed E-state index contributed by atoms with van der Waals surface area (Å²) in [7, 11) is 0. The molecule has 1 aromatic heterocycles. The molecule has 2 rings (SSSR count). The number of hydrogen-bond donors (Lipinski definition) is 1. The second kappa shape index (κ2) is 3.42. The van der Waals surface area contributed by atoms with Gasteiger partial charge in [0.15, 0.2) is 5.43 Å². The number of nitrogens with one attached hydrogen (secondary N) is 1. The number of rotatable bonds is 1. The lowest BCUT2D eigenvalue weighted by molar-refractivity contribution is 0.146. The fourth-order valence-corrected chi connectivity index (χ4v) is 1.36. The summed E-state index contributed by atoms with van der Waals surface area (Å²) in [6.07, 6.45) is -2.77. The minimum absolute atomic E-state index is 0.0813. The molecule has 5 heteroatoms. The van der Waals surface area contributed by atoms with Crippen molar-refractivity contribution < 1.29 is 13.2 Å². The first-order chi connectivity index (χ1) is 7.08. The van der Waals surface area contributed by atoms with Crippen molar-refractivity contribution in [1.29, 1.82) is 0 Å². The van der Waals surface area contributed by atoms with E-state index in [1.807, 2.05) is 0 Å². The predicted molar refractivity (Wildman–Crippen MR) is 49.5 cm³/mol. The van der Waals surface area contributed by atoms with Gasteiger partial charge in [0.1, 0.15) is 5.82 Å². The summed E-state index contributed by atoms with van der Waals surface area (Å²) >= 11 is 0. The van der Waals surface area contributed by atoms with Crippen molar-refractivity contribution >= 4 is 10.9 Å². The lowest BCUT2D eigenvalue weighted by Gasteiger charge is -2.02. The van der Waals surface area contributed by atoms with Gasteiger partial charge in [0.2, 0.25) is 0 Å². The quantitative estimate of drug-likeness (QED) is 0.775. The van der Waals surface area contributed by atoms with Crippen LogP contribution in [-0.2, 0) is 0 Å². The monoisotopic (exact) mass is 213 g/mol. The summed E-state index contributed by atoms with van der Waals surface area (Å²) in [5.74, 6) is -0.579. The van der Waals surface area contributed by atoms with E-state index in [9.17, 15) is 18.0 Å². The number of hydrogen-bond acceptors (Lipinski definition) is 1. The Hall–Kier alpha value is -1.78. The van der Waals surface area contributed by atoms with Gasteiger partial charge in [0.25, 0.3) is 6.43 Å². The van der Waals surface area contributed by atoms with Crippen LogP contribution in [0.2, 0.25) is 0 Å². The number of H-pyrrole nitrogens is 1. The molecule has 0 fully saturated rings. The Morgan fingerprint density at radius 2 is 1.93 bits per heavy atom. The number of benzene rings is 1. The second-order valence-electron chi connectivity index (χ2n) is 3.08. The van der Waals surface area contributed by atoms with Crippen LogP contribution >= 0.6 is 0 Å². The van der Waals surface area contributed by atoms with Crippen molar-refractivity contribution in [3.8, 4) is 0 Å². The molecule has 0 atom stereocenters. The summed E-state index contributed by atoms with van der Waals surface area (Å²) in [5.41, 5.74) is -0.963. The van der Waals surface area contributed by atoms with E-state index < -0.39 is 23.4 Å². The molecule has 1 aromatic carbocycles. The van der Waals surface area contributed by atoms with Crippen LogP contribution in [0.25, 0.3) is 10.9 Å². The van der Waals surface area contributed by atoms with E-state index in [1.165, 1.54) is 6.07 Å². The lowest BCUT2D eigenvalue weighted by Crippen LogP contribution is -2.05. The lowest BCUT2D eigenvalue weighted by atomic mass is 10.2. The average Bonchev–Trinajstić information content (AvgIpc) is 2.16. The summed E-state index contributed by atoms with van der Waals surface area (Å²) in [6.45, 7) is 0. The number of aromatic amines is 1. The summed E-state index contributed by atoms with van der Waals surface area (Å²) in [4.78, 5) is 13.7. The third-order valence-electron chi connectivity index (χ3n) is 2.05. The van der Waals surface area contributed by atoms with Crippen LogP contribution in [0.4, 0.5) is 13.2 Å². The molecule has 15 heavy (non-hydrogen) atoms. The highest BCUT2D eigenvalue weighted by molar-refractivity contribution is 5.78. The molecule has 0 unspecified atom stereocenters. The fourth-order valence-electron chi connectivity index (χ4n) is 1.36. The first kappa shape index (κ1) is 9.76. The number of halogens is 3. The van der Waals surface area contributed by atoms with Crippen LogP contribution in [0.15, 0.2) is 29.1 Å². The number of fused-ring (bicyclic) bond motifs is 1. The van der Waals surface area contributed by atoms with Crippen molar-refractivity contribution in [3.05, 3.63) is 46.0 Å². The molecule has 0 radical (unpaired) electrons. The molecule has 0 spiro atoms. The van der Waals surface area contributed by atoms with Gasteiger partial charge in [-0.25, -0.2) is 13.2 Å². The normalized spacial score (nSPS) is 11.2. The largest absolute Gasteiger partial charge is 0.353 e. The van der Waals surface area contributed by atoms with E-state index in [1.54, 1.807) is 0 Å². The summed E-state index contributed by atoms with van der Waals surface area (Å²) < 4.78 is 37.4. The van der Waals surface area contributed by atoms with Gasteiger partial charge in [0, 0.05) is 11.5 Å². The van der Waals surface area contributed by atoms with Gasteiger partial charge in [-0.05, 0) is 18.2 Å². The van der Waals surface area contributed by atoms with E-state index in [0.717, 1.165) is 18.2 Å². The van der Waals surface area contributed by atoms with Gasteiger partial charge in [-0.3, -0.25) is 4.79 Å². The minimum Gasteiger partial charge on any atom is -0.353 e. The average molecular weight is 213 g/mol. The van der Waals surface area contributed by atoms with Crippen molar-refractivity contribution in [1.82, 2.24) is 4.98 Å². The highest BCUT2D eigenvalue weighted by Crippen LogP contribution is 2.17. The molecule has 0 saturated carbocycles. The highest BCUT2D eigenvalue weighted by atomic mass is 19.3. The van der Waals surface area contributed by atoms with E-state index in [4.69, 9.17) is 0 Å². The molecule has 0 bridgehead atoms. The van der Waals surface area contributed by atoms with E-state index in [2.05, 4.69) is 4.98 Å². The van der Waals surface area contributed by atoms with Gasteiger partial charge in [0.05, 0.1) is 11.2 Å². The summed E-state index contributed by atoms with van der Waals surface area (Å²) in [5, 5.41) is 0.195. The predicted octanol–water partition coefficient (Wildman–Crippen LogP) is 2.60. The van der Waals surface area contributed by atoms with Crippen molar-refractivity contribution in [3.63, 3.8) is 0 Å². The summed E-state index contributed by atoms with van der Waals surface area (Å²) in [6, 6.07) is 4.21. The van der Waals surface area contributed by atoms with E-state index in [0.29, 0.717) is 0 Å². The van der Waals surface area contributed by atoms with Crippen molar-refractivity contribution in [2.24, 2.45) is 0 Å². The highest BCUT2D eigenvalue weighted by Gasteiger charge is 2.10. The molecule has 0 amide bonds. The zero-order valence-electron chi connectivity index (χ0n) is 7.43. The van der Waals surface area contributed by atoms with Crippen LogP contribution in [0.5, 0.6) is 0 Å². The van der Waals surface area contributed by atoms with Crippen LogP contribution in [0.3, 0.4) is 0 Å². The maximum absolute atomic E-state index is 12.8. The fraction of sp³-hybridized carbons (Fsp3) is 0.100. The molecule has 1 heterocycles. The molecule has 78 valence electrons. The third kappa shape index (κ3) is 1.72. The van der Waals surface area contributed by atoms with Gasteiger partial charge in [-0.1, -0.05) is 0 Å². The van der Waals surface area contributed by atoms with Gasteiger partial charge in [-0.2, -0.15) is 0 Å². The molecular formula is C10H6F3NO. The second-order valence-corrected chi connectivity index (χ2v) is 3.08. The standard InChI is InChI=1S/C10H6F3NO/c11-5-1-2-6-7(3-5)14-8(10(12)13)4-9(6)15/h1-4,10H,(H,14,15). The Bertz CT molecular complexity index is 562. The Kier molecular flexibility index (Phi) is 2.22. The molecule has 0 aliphatic carbocycles. The number of pyridine rings is 1. The zero-order valence-corrected chi connectivity index (χ0v) is 7.43. The van der Waals surface area contributed by atoms with Gasteiger partial charge in [-0.15, -0.1) is 0 Å². The van der Waals surface area contributed by atoms with Crippen LogP contribution in [0, 0.1) is 5.82 Å². The Labute approximate surface area is 82.4 Å². The number of alkyl halides is 2. The van der Waals surface area contributed by atoms with Crippen LogP contribution in [0.1, 0.15) is 12.1 Å². The molecule has 0 aliphatic heterocycles. The van der Waals surface area contributed by atoms with Gasteiger partial charge < -0.3 is 4.98 Å². The smallest absolute Gasteiger partial charge is 0.278 e. The van der Waals surface area contributed by atoms with E-state index >= 15 is 0 Å². The number of aromatic nitrogens is 1. The van der Waals surface area contributed by atoms with Crippen molar-refractivity contribution in [2.75, 3.05) is 0 Å². The molecule has 0 aliphatic rings. The minimum atomic E-state index is -2.77. The maximum atomic E-state index is 12.8. The van der Waals surface area contributed by atoms with Crippen LogP contribution < -0.4 is 5.43 Å². The first-order valence-corrected chi connectivity index (χ1v) is 4.18. The SMILES string of the molecule is O=c1cc(C(F)F)[nH]c2cc(F)ccc12. The van der Waals surface area contributed by atoms with E-state index in [-0.39, 0.29) is 10.9 Å². The molecular weight excluding hydrogens is 207 g/mol.